The van der Waals surface area contributed by atoms with E-state index in [1.807, 2.05) is 5.32 Å². The molecule has 2 aliphatic heterocycles. The van der Waals surface area contributed by atoms with Gasteiger partial charge in [-0.15, -0.1) is 0 Å². The first-order valence-electron chi connectivity index (χ1n) is 12.7. The van der Waals surface area contributed by atoms with E-state index in [-0.39, 0.29) is 44.6 Å². The minimum absolute atomic E-state index is 0.128. The zero-order valence-electron chi connectivity index (χ0n) is 22.3. The van der Waals surface area contributed by atoms with E-state index in [1.165, 1.54) is 11.0 Å². The van der Waals surface area contributed by atoms with Crippen molar-refractivity contribution in [2.45, 2.75) is 36.3 Å². The van der Waals surface area contributed by atoms with Gasteiger partial charge >= 0.3 is 0 Å². The van der Waals surface area contributed by atoms with Crippen molar-refractivity contribution >= 4 is 23.8 Å². The fraction of sp³-hybridized carbons (Fsp3) is 0.423. The Morgan fingerprint density at radius 2 is 1.76 bits per heavy atom. The zero-order valence-corrected chi connectivity index (χ0v) is 22.3. The number of hydrogen-bond donors (Lipinski definition) is 9. The molecule has 0 bridgehead atoms. The highest BCUT2D eigenvalue weighted by atomic mass is 19.1. The molecule has 0 radical (unpaired) electrons. The van der Waals surface area contributed by atoms with Gasteiger partial charge in [0.25, 0.3) is 23.6 Å². The molecule has 0 aliphatic carbocycles. The van der Waals surface area contributed by atoms with Crippen LogP contribution < -0.4 is 10.6 Å². The predicted octanol–water partition coefficient (Wildman–Crippen LogP) is -2.58. The summed E-state index contributed by atoms with van der Waals surface area (Å²) < 4.78 is 20.4. The molecule has 2 aromatic carbocycles. The average molecular weight is 595 g/mol. The first kappa shape index (κ1) is 31.5. The van der Waals surface area contributed by atoms with E-state index in [4.69, 9.17) is 4.74 Å². The summed E-state index contributed by atoms with van der Waals surface area (Å²) in [5.74, 6) is -12.6. The van der Waals surface area contributed by atoms with Gasteiger partial charge < -0.3 is 45.8 Å². The Morgan fingerprint density at radius 3 is 2.36 bits per heavy atom. The van der Waals surface area contributed by atoms with Gasteiger partial charge in [-0.25, -0.2) is 14.2 Å². The number of morpholine rings is 1. The van der Waals surface area contributed by atoms with Crippen molar-refractivity contribution in [3.05, 3.63) is 64.5 Å². The number of benzene rings is 2. The van der Waals surface area contributed by atoms with Crippen molar-refractivity contribution in [2.75, 3.05) is 38.7 Å². The average Bonchev–Trinajstić information content (AvgIpc) is 2.94. The summed E-state index contributed by atoms with van der Waals surface area (Å²) >= 11 is 0. The number of rotatable bonds is 9. The number of amides is 2. The lowest BCUT2D eigenvalue weighted by Gasteiger charge is -2.45. The first-order valence-corrected chi connectivity index (χ1v) is 12.7. The number of imide groups is 1. The molecule has 1 unspecified atom stereocenters. The van der Waals surface area contributed by atoms with Gasteiger partial charge in [0.2, 0.25) is 11.6 Å². The summed E-state index contributed by atoms with van der Waals surface area (Å²) in [5, 5.41) is 80.2. The van der Waals surface area contributed by atoms with Crippen LogP contribution in [0.4, 0.5) is 10.1 Å². The Hall–Kier alpha value is -3.42. The van der Waals surface area contributed by atoms with E-state index in [2.05, 4.69) is 5.32 Å². The van der Waals surface area contributed by atoms with E-state index < -0.39 is 69.9 Å². The molecule has 2 heterocycles. The summed E-state index contributed by atoms with van der Waals surface area (Å²) in [5.41, 5.74) is -5.55. The molecular formula is C26H31FN4O11. The van der Waals surface area contributed by atoms with Crippen LogP contribution in [0.2, 0.25) is 0 Å². The molecule has 1 atom stereocenters. The number of piperidine rings is 1. The van der Waals surface area contributed by atoms with Crippen LogP contribution in [0.1, 0.15) is 39.9 Å². The number of nitrogens with one attached hydrogen (secondary N) is 2. The van der Waals surface area contributed by atoms with Crippen molar-refractivity contribution in [1.29, 1.82) is 0 Å². The first-order chi connectivity index (χ1) is 19.6. The Balaban J connectivity index is 1.69. The van der Waals surface area contributed by atoms with E-state index in [9.17, 15) is 50.1 Å². The monoisotopic (exact) mass is 594 g/mol. The maximum atomic E-state index is 15.2. The third kappa shape index (κ3) is 5.64. The molecule has 9 N–H and O–H groups in total. The molecule has 42 heavy (non-hydrogen) atoms. The molecule has 0 spiro atoms. The zero-order chi connectivity index (χ0) is 31.1. The van der Waals surface area contributed by atoms with Crippen molar-refractivity contribution in [2.24, 2.45) is 0 Å². The molecule has 2 aromatic rings. The van der Waals surface area contributed by atoms with Crippen LogP contribution in [0.15, 0.2) is 36.4 Å². The fourth-order valence-electron chi connectivity index (χ4n) is 4.90. The standard InChI is InChI=1S/C26H31FN4O11/c1-30(23(35)8-7-20(33)28-22(23)34)26(40,41)21-15(14-32)3-2-4-19(21)29-24(36,37)17-6-5-16(13-18(17)27)25(38,39)31-9-11-42-12-10-31/h2-6,13-14,29,35-41H,7-12H2,1H3,(H,28,33,34). The van der Waals surface area contributed by atoms with Crippen molar-refractivity contribution in [3.63, 3.8) is 0 Å². The molecule has 2 fully saturated rings. The van der Waals surface area contributed by atoms with Crippen LogP contribution in [0.25, 0.3) is 0 Å². The molecule has 2 aliphatic rings. The van der Waals surface area contributed by atoms with Crippen molar-refractivity contribution in [1.82, 2.24) is 15.1 Å². The SMILES string of the molecule is CN(C1(O)CCC(=O)NC1=O)C(O)(O)c1c(C=O)cccc1NC(O)(O)c1ccc(C(O)(O)N2CCOCC2)cc1F. The lowest BCUT2D eigenvalue weighted by Crippen LogP contribution is -2.67. The molecule has 16 heteroatoms. The van der Waals surface area contributed by atoms with Crippen LogP contribution in [-0.2, 0) is 32.1 Å². The number of carbonyl (C=O) groups is 3. The lowest BCUT2D eigenvalue weighted by atomic mass is 9.95. The van der Waals surface area contributed by atoms with E-state index in [1.54, 1.807) is 0 Å². The number of carbonyl (C=O) groups excluding carboxylic acids is 3. The summed E-state index contributed by atoms with van der Waals surface area (Å²) in [6.07, 6.45) is -0.723. The number of likely N-dealkylation sites (N-methyl/N-ethyl adjacent to an activating group) is 1. The Morgan fingerprint density at radius 1 is 1.10 bits per heavy atom. The van der Waals surface area contributed by atoms with Crippen molar-refractivity contribution in [3.8, 4) is 0 Å². The maximum absolute atomic E-state index is 15.2. The topological polar surface area (TPSA) is 233 Å². The molecule has 15 nitrogen and oxygen atoms in total. The normalized spacial score (nSPS) is 20.9. The molecule has 0 saturated carbocycles. The van der Waals surface area contributed by atoms with Gasteiger partial charge in [-0.2, -0.15) is 0 Å². The van der Waals surface area contributed by atoms with Gasteiger partial charge in [-0.05, 0) is 25.2 Å². The van der Waals surface area contributed by atoms with Gasteiger partial charge in [0, 0.05) is 42.7 Å². The third-order valence-corrected chi connectivity index (χ3v) is 7.39. The number of hydrogen-bond acceptors (Lipinski definition) is 14. The highest BCUT2D eigenvalue weighted by Crippen LogP contribution is 2.39. The Labute approximate surface area is 238 Å². The van der Waals surface area contributed by atoms with Crippen LogP contribution in [0.3, 0.4) is 0 Å². The van der Waals surface area contributed by atoms with E-state index in [0.717, 1.165) is 31.3 Å². The minimum atomic E-state index is -3.36. The third-order valence-electron chi connectivity index (χ3n) is 7.39. The van der Waals surface area contributed by atoms with Gasteiger partial charge in [-0.1, -0.05) is 18.2 Å². The smallest absolute Gasteiger partial charge is 0.275 e. The quantitative estimate of drug-likeness (QED) is 0.0825. The summed E-state index contributed by atoms with van der Waals surface area (Å²) in [6, 6.07) is 5.97. The predicted molar refractivity (Wildman–Crippen MR) is 138 cm³/mol. The Kier molecular flexibility index (Phi) is 8.51. The van der Waals surface area contributed by atoms with Gasteiger partial charge in [0.1, 0.15) is 5.82 Å². The van der Waals surface area contributed by atoms with Crippen LogP contribution in [0.5, 0.6) is 0 Å². The van der Waals surface area contributed by atoms with Crippen LogP contribution in [-0.4, -0.2) is 103 Å². The van der Waals surface area contributed by atoms with Crippen LogP contribution in [0, 0.1) is 5.82 Å². The largest absolute Gasteiger partial charge is 0.379 e. The molecule has 228 valence electrons. The molecule has 0 aromatic heterocycles. The second-order valence-electron chi connectivity index (χ2n) is 10.0. The minimum Gasteiger partial charge on any atom is -0.379 e. The van der Waals surface area contributed by atoms with Gasteiger partial charge in [-0.3, -0.25) is 19.7 Å². The highest BCUT2D eigenvalue weighted by molar-refractivity contribution is 6.01. The van der Waals surface area contributed by atoms with Gasteiger partial charge in [0.05, 0.1) is 24.3 Å². The molecule has 4 rings (SSSR count). The molecule has 2 amide bonds. The number of nitrogens with zero attached hydrogens (tertiary/aromatic N) is 2. The van der Waals surface area contributed by atoms with Crippen LogP contribution >= 0.6 is 0 Å². The van der Waals surface area contributed by atoms with E-state index in [0.29, 0.717) is 11.0 Å². The van der Waals surface area contributed by atoms with E-state index >= 15 is 4.39 Å². The maximum Gasteiger partial charge on any atom is 0.275 e. The second-order valence-corrected chi connectivity index (χ2v) is 10.0. The summed E-state index contributed by atoms with van der Waals surface area (Å²) in [7, 11) is 0.911. The number of ether oxygens (including phenoxy) is 1. The second kappa shape index (κ2) is 11.3. The number of aldehydes is 1. The van der Waals surface area contributed by atoms with Crippen molar-refractivity contribution < 1.29 is 59.3 Å². The Bertz CT molecular complexity index is 1380. The number of halogens is 1. The number of aliphatic hydroxyl groups is 7. The van der Waals surface area contributed by atoms with Gasteiger partial charge in [0.15, 0.2) is 6.29 Å². The lowest BCUT2D eigenvalue weighted by molar-refractivity contribution is -0.322. The summed E-state index contributed by atoms with van der Waals surface area (Å²) in [6.45, 7) is 0.670. The molecule has 2 saturated heterocycles. The molecular weight excluding hydrogens is 563 g/mol. The summed E-state index contributed by atoms with van der Waals surface area (Å²) in [4.78, 5) is 37.5. The highest BCUT2D eigenvalue weighted by Gasteiger charge is 2.53. The fourth-order valence-corrected chi connectivity index (χ4v) is 4.90. The number of anilines is 1.